The number of unbranched alkanes of at least 4 members (excludes halogenated alkanes) is 7. The maximum atomic E-state index is 10.9. The minimum atomic E-state index is -1.15. The van der Waals surface area contributed by atoms with Crippen molar-refractivity contribution in [2.45, 2.75) is 64.7 Å². The molecule has 0 radical (unpaired) electrons. The fourth-order valence-corrected chi connectivity index (χ4v) is 1.52. The summed E-state index contributed by atoms with van der Waals surface area (Å²) in [7, 11) is 0. The first-order chi connectivity index (χ1) is 8.16. The minimum Gasteiger partial charge on any atom is -0.261 e. The molecule has 0 aromatic carbocycles. The lowest BCUT2D eigenvalue weighted by molar-refractivity contribution is -0.839. The number of hydrogen-bond acceptors (Lipinski definition) is 5. The van der Waals surface area contributed by atoms with E-state index in [2.05, 4.69) is 16.8 Å². The lowest BCUT2D eigenvalue weighted by Gasteiger charge is -2.01. The largest absolute Gasteiger partial charge is 0.343 e. The summed E-state index contributed by atoms with van der Waals surface area (Å²) in [5.74, 6) is -0.687. The quantitative estimate of drug-likeness (QED) is 0.242. The van der Waals surface area contributed by atoms with E-state index in [1.807, 2.05) is 0 Å². The third-order valence-electron chi connectivity index (χ3n) is 2.43. The molecule has 0 aliphatic heterocycles. The van der Waals surface area contributed by atoms with Crippen LogP contribution in [0.5, 0.6) is 0 Å². The third-order valence-corrected chi connectivity index (χ3v) is 2.43. The average molecular weight is 247 g/mol. The molecule has 17 heavy (non-hydrogen) atoms. The molecule has 0 saturated carbocycles. The SMILES string of the molecule is CCCCCCCCCCC(=O)OO[N+](=O)[O-]. The molecule has 0 bridgehead atoms. The number of rotatable bonds is 11. The van der Waals surface area contributed by atoms with E-state index < -0.39 is 11.1 Å². The van der Waals surface area contributed by atoms with E-state index in [0.29, 0.717) is 6.42 Å². The van der Waals surface area contributed by atoms with Gasteiger partial charge in [-0.25, -0.2) is 4.79 Å². The summed E-state index contributed by atoms with van der Waals surface area (Å²) in [4.78, 5) is 28.0. The summed E-state index contributed by atoms with van der Waals surface area (Å²) >= 11 is 0. The zero-order valence-corrected chi connectivity index (χ0v) is 10.4. The first-order valence-electron chi connectivity index (χ1n) is 6.18. The molecule has 0 N–H and O–H groups in total. The molecule has 0 amide bonds. The van der Waals surface area contributed by atoms with Crippen LogP contribution in [0.1, 0.15) is 64.7 Å². The first-order valence-corrected chi connectivity index (χ1v) is 6.18. The van der Waals surface area contributed by atoms with Crippen LogP contribution in [0.25, 0.3) is 0 Å². The summed E-state index contributed by atoms with van der Waals surface area (Å²) in [5.41, 5.74) is 0. The molecule has 0 heterocycles. The Morgan fingerprint density at radius 3 is 2.12 bits per heavy atom. The van der Waals surface area contributed by atoms with Crippen molar-refractivity contribution in [2.24, 2.45) is 0 Å². The fraction of sp³-hybridized carbons (Fsp3) is 0.909. The molecule has 6 nitrogen and oxygen atoms in total. The van der Waals surface area contributed by atoms with Crippen LogP contribution in [0, 0.1) is 10.1 Å². The van der Waals surface area contributed by atoms with Gasteiger partial charge in [0, 0.05) is 6.42 Å². The van der Waals surface area contributed by atoms with E-state index in [1.165, 1.54) is 32.1 Å². The van der Waals surface area contributed by atoms with Gasteiger partial charge in [0.15, 0.2) is 0 Å². The molecular formula is C11H21NO5. The van der Waals surface area contributed by atoms with Gasteiger partial charge in [-0.3, -0.25) is 4.89 Å². The van der Waals surface area contributed by atoms with Crippen molar-refractivity contribution < 1.29 is 19.8 Å². The van der Waals surface area contributed by atoms with Gasteiger partial charge in [-0.15, -0.1) is 10.1 Å². The van der Waals surface area contributed by atoms with Gasteiger partial charge in [0.2, 0.25) is 0 Å². The average Bonchev–Trinajstić information content (AvgIpc) is 2.30. The van der Waals surface area contributed by atoms with Crippen LogP contribution in [0.4, 0.5) is 0 Å². The zero-order valence-electron chi connectivity index (χ0n) is 10.4. The van der Waals surface area contributed by atoms with Gasteiger partial charge in [0.25, 0.3) is 0 Å². The lowest BCUT2D eigenvalue weighted by atomic mass is 10.1. The predicted octanol–water partition coefficient (Wildman–Crippen LogP) is 3.18. The molecule has 0 aromatic heterocycles. The Morgan fingerprint density at radius 1 is 1.06 bits per heavy atom. The van der Waals surface area contributed by atoms with E-state index >= 15 is 0 Å². The highest BCUT2D eigenvalue weighted by atomic mass is 17.3. The van der Waals surface area contributed by atoms with Crippen molar-refractivity contribution in [3.63, 3.8) is 0 Å². The maximum absolute atomic E-state index is 10.9. The van der Waals surface area contributed by atoms with E-state index in [1.54, 1.807) is 0 Å². The van der Waals surface area contributed by atoms with Gasteiger partial charge in [0.1, 0.15) is 0 Å². The maximum Gasteiger partial charge on any atom is 0.343 e. The summed E-state index contributed by atoms with van der Waals surface area (Å²) < 4.78 is 0. The molecule has 0 fully saturated rings. The van der Waals surface area contributed by atoms with Gasteiger partial charge in [-0.2, -0.15) is 0 Å². The standard InChI is InChI=1S/C11H21NO5/c1-2-3-4-5-6-7-8-9-10-11(13)16-17-12(14)15/h2-10H2,1H3. The lowest BCUT2D eigenvalue weighted by Crippen LogP contribution is -2.09. The molecule has 0 aromatic rings. The topological polar surface area (TPSA) is 78.7 Å². The van der Waals surface area contributed by atoms with Crippen molar-refractivity contribution in [1.82, 2.24) is 0 Å². The van der Waals surface area contributed by atoms with Gasteiger partial charge in [-0.1, -0.05) is 56.9 Å². The second kappa shape index (κ2) is 11.2. The number of hydrogen-bond donors (Lipinski definition) is 0. The molecule has 0 aliphatic rings. The van der Waals surface area contributed by atoms with E-state index in [-0.39, 0.29) is 6.42 Å². The van der Waals surface area contributed by atoms with Crippen LogP contribution in [0.2, 0.25) is 0 Å². The molecule has 0 unspecified atom stereocenters. The fourth-order valence-electron chi connectivity index (χ4n) is 1.52. The van der Waals surface area contributed by atoms with Gasteiger partial charge < -0.3 is 0 Å². The Bertz CT molecular complexity index is 220. The smallest absolute Gasteiger partial charge is 0.261 e. The molecule has 6 heteroatoms. The van der Waals surface area contributed by atoms with Crippen LogP contribution < -0.4 is 0 Å². The van der Waals surface area contributed by atoms with Crippen LogP contribution in [-0.4, -0.2) is 11.1 Å². The van der Waals surface area contributed by atoms with E-state index in [4.69, 9.17) is 0 Å². The normalized spacial score (nSPS) is 9.94. The highest BCUT2D eigenvalue weighted by Gasteiger charge is 2.05. The molecule has 0 atom stereocenters. The Morgan fingerprint density at radius 2 is 1.59 bits per heavy atom. The highest BCUT2D eigenvalue weighted by molar-refractivity contribution is 5.68. The highest BCUT2D eigenvalue weighted by Crippen LogP contribution is 2.09. The Hall–Kier alpha value is -1.33. The van der Waals surface area contributed by atoms with Gasteiger partial charge >= 0.3 is 11.1 Å². The number of carbonyl (C=O) groups excluding carboxylic acids is 1. The molecule has 100 valence electrons. The Balaban J connectivity index is 3.16. The summed E-state index contributed by atoms with van der Waals surface area (Å²) in [5, 5.41) is 8.56. The molecule has 0 spiro atoms. The molecule has 0 saturated heterocycles. The van der Waals surface area contributed by atoms with Crippen LogP contribution in [0.3, 0.4) is 0 Å². The van der Waals surface area contributed by atoms with E-state index in [9.17, 15) is 14.9 Å². The molecular weight excluding hydrogens is 226 g/mol. The third kappa shape index (κ3) is 12.6. The Kier molecular flexibility index (Phi) is 10.3. The van der Waals surface area contributed by atoms with Crippen LogP contribution in [-0.2, 0) is 14.7 Å². The van der Waals surface area contributed by atoms with E-state index in [0.717, 1.165) is 12.8 Å². The molecule has 0 aliphatic carbocycles. The Labute approximate surface area is 101 Å². The van der Waals surface area contributed by atoms with Crippen molar-refractivity contribution in [3.8, 4) is 0 Å². The first kappa shape index (κ1) is 15.7. The second-order valence-electron chi connectivity index (χ2n) is 3.98. The summed E-state index contributed by atoms with van der Waals surface area (Å²) in [6.07, 6.45) is 9.11. The van der Waals surface area contributed by atoms with Crippen molar-refractivity contribution in [1.29, 1.82) is 0 Å². The zero-order chi connectivity index (χ0) is 12.9. The van der Waals surface area contributed by atoms with Gasteiger partial charge in [-0.05, 0) is 6.42 Å². The summed E-state index contributed by atoms with van der Waals surface area (Å²) in [6, 6.07) is 0. The van der Waals surface area contributed by atoms with Crippen molar-refractivity contribution in [2.75, 3.05) is 0 Å². The number of nitrogens with zero attached hydrogens (tertiary/aromatic N) is 1. The minimum absolute atomic E-state index is 0.169. The van der Waals surface area contributed by atoms with Crippen molar-refractivity contribution >= 4 is 5.97 Å². The second-order valence-corrected chi connectivity index (χ2v) is 3.98. The van der Waals surface area contributed by atoms with Crippen LogP contribution >= 0.6 is 0 Å². The van der Waals surface area contributed by atoms with Crippen molar-refractivity contribution in [3.05, 3.63) is 10.1 Å². The summed E-state index contributed by atoms with van der Waals surface area (Å²) in [6.45, 7) is 2.18. The predicted molar refractivity (Wildman–Crippen MR) is 61.4 cm³/mol. The van der Waals surface area contributed by atoms with Crippen LogP contribution in [0.15, 0.2) is 0 Å². The number of carbonyl (C=O) groups is 1. The monoisotopic (exact) mass is 247 g/mol. The molecule has 0 rings (SSSR count). The van der Waals surface area contributed by atoms with Gasteiger partial charge in [0.05, 0.1) is 0 Å².